The highest BCUT2D eigenvalue weighted by Gasteiger charge is 2.23. The SMILES string of the molecule is CCCC[C@H](NC(=O)CN1CCCCC1=O)C(=O)O. The molecule has 1 aliphatic rings. The predicted molar refractivity (Wildman–Crippen MR) is 69.5 cm³/mol. The highest BCUT2D eigenvalue weighted by atomic mass is 16.4. The molecule has 0 radical (unpaired) electrons. The van der Waals surface area contributed by atoms with E-state index in [2.05, 4.69) is 5.32 Å². The fourth-order valence-corrected chi connectivity index (χ4v) is 2.11. The van der Waals surface area contributed by atoms with Crippen LogP contribution in [0.15, 0.2) is 0 Å². The van der Waals surface area contributed by atoms with Gasteiger partial charge in [-0.25, -0.2) is 4.79 Å². The highest BCUT2D eigenvalue weighted by Crippen LogP contribution is 2.10. The number of nitrogens with one attached hydrogen (secondary N) is 1. The minimum Gasteiger partial charge on any atom is -0.480 e. The molecule has 0 aliphatic carbocycles. The molecule has 19 heavy (non-hydrogen) atoms. The molecule has 108 valence electrons. The maximum atomic E-state index is 11.8. The molecule has 1 heterocycles. The van der Waals surface area contributed by atoms with Crippen molar-refractivity contribution in [2.45, 2.75) is 51.5 Å². The lowest BCUT2D eigenvalue weighted by Crippen LogP contribution is -2.48. The molecule has 6 nitrogen and oxygen atoms in total. The molecule has 1 rings (SSSR count). The fraction of sp³-hybridized carbons (Fsp3) is 0.769. The van der Waals surface area contributed by atoms with E-state index in [-0.39, 0.29) is 12.5 Å². The standard InChI is InChI=1S/C13H22N2O4/c1-2-3-6-10(13(18)19)14-11(16)9-15-8-5-4-7-12(15)17/h10H,2-9H2,1H3,(H,14,16)(H,18,19)/t10-/m0/s1. The van der Waals surface area contributed by atoms with Crippen molar-refractivity contribution in [3.63, 3.8) is 0 Å². The topological polar surface area (TPSA) is 86.7 Å². The number of nitrogens with zero attached hydrogens (tertiary/aromatic N) is 1. The lowest BCUT2D eigenvalue weighted by molar-refractivity contribution is -0.143. The largest absolute Gasteiger partial charge is 0.480 e. The lowest BCUT2D eigenvalue weighted by atomic mass is 10.1. The number of carboxylic acid groups (broad SMARTS) is 1. The van der Waals surface area contributed by atoms with Crippen LogP contribution in [-0.4, -0.2) is 46.9 Å². The Bertz CT molecular complexity index is 344. The van der Waals surface area contributed by atoms with Crippen molar-refractivity contribution in [2.24, 2.45) is 0 Å². The fourth-order valence-electron chi connectivity index (χ4n) is 2.11. The smallest absolute Gasteiger partial charge is 0.326 e. The number of carbonyl (C=O) groups excluding carboxylic acids is 2. The minimum absolute atomic E-state index is 0.0261. The van der Waals surface area contributed by atoms with Gasteiger partial charge in [-0.2, -0.15) is 0 Å². The summed E-state index contributed by atoms with van der Waals surface area (Å²) in [6, 6.07) is -0.854. The molecule has 0 bridgehead atoms. The Morgan fingerprint density at radius 3 is 2.74 bits per heavy atom. The van der Waals surface area contributed by atoms with E-state index in [1.807, 2.05) is 6.92 Å². The van der Waals surface area contributed by atoms with Crippen molar-refractivity contribution in [1.29, 1.82) is 0 Å². The summed E-state index contributed by atoms with van der Waals surface area (Å²) in [5, 5.41) is 11.5. The number of rotatable bonds is 7. The van der Waals surface area contributed by atoms with Crippen LogP contribution < -0.4 is 5.32 Å². The Hall–Kier alpha value is -1.59. The number of hydrogen-bond acceptors (Lipinski definition) is 3. The van der Waals surface area contributed by atoms with Gasteiger partial charge in [0, 0.05) is 13.0 Å². The maximum absolute atomic E-state index is 11.8. The molecule has 0 aromatic heterocycles. The predicted octanol–water partition coefficient (Wildman–Crippen LogP) is 0.758. The van der Waals surface area contributed by atoms with Gasteiger partial charge >= 0.3 is 5.97 Å². The van der Waals surface area contributed by atoms with Crippen molar-refractivity contribution >= 4 is 17.8 Å². The molecule has 1 aliphatic heterocycles. The molecule has 0 aromatic carbocycles. The number of unbranched alkanes of at least 4 members (excludes halogenated alkanes) is 1. The number of amides is 2. The van der Waals surface area contributed by atoms with Gasteiger partial charge in [-0.3, -0.25) is 9.59 Å². The molecule has 1 fully saturated rings. The van der Waals surface area contributed by atoms with Gasteiger partial charge in [0.25, 0.3) is 0 Å². The van der Waals surface area contributed by atoms with Crippen LogP contribution in [-0.2, 0) is 14.4 Å². The molecule has 0 spiro atoms. The minimum atomic E-state index is -1.02. The molecule has 0 aromatic rings. The first-order valence-corrected chi connectivity index (χ1v) is 6.84. The molecule has 2 N–H and O–H groups in total. The molecule has 1 atom stereocenters. The third kappa shape index (κ3) is 5.28. The van der Waals surface area contributed by atoms with Gasteiger partial charge in [0.2, 0.25) is 11.8 Å². The Balaban J connectivity index is 2.43. The van der Waals surface area contributed by atoms with Crippen LogP contribution in [0, 0.1) is 0 Å². The second-order valence-electron chi connectivity index (χ2n) is 4.87. The normalized spacial score (nSPS) is 17.1. The Morgan fingerprint density at radius 1 is 1.42 bits per heavy atom. The van der Waals surface area contributed by atoms with Crippen molar-refractivity contribution < 1.29 is 19.5 Å². The average Bonchev–Trinajstić information content (AvgIpc) is 2.37. The van der Waals surface area contributed by atoms with Gasteiger partial charge in [-0.05, 0) is 19.3 Å². The second kappa shape index (κ2) is 7.76. The monoisotopic (exact) mass is 270 g/mol. The number of aliphatic carboxylic acids is 1. The molecule has 6 heteroatoms. The molecule has 0 saturated carbocycles. The van der Waals surface area contributed by atoms with Crippen LogP contribution in [0.5, 0.6) is 0 Å². The van der Waals surface area contributed by atoms with E-state index in [9.17, 15) is 14.4 Å². The number of carbonyl (C=O) groups is 3. The van der Waals surface area contributed by atoms with Crippen LogP contribution in [0.25, 0.3) is 0 Å². The summed E-state index contributed by atoms with van der Waals surface area (Å²) >= 11 is 0. The second-order valence-corrected chi connectivity index (χ2v) is 4.87. The lowest BCUT2D eigenvalue weighted by Gasteiger charge is -2.26. The van der Waals surface area contributed by atoms with E-state index in [0.717, 1.165) is 25.7 Å². The van der Waals surface area contributed by atoms with Gasteiger partial charge in [0.05, 0.1) is 6.54 Å². The van der Waals surface area contributed by atoms with Crippen molar-refractivity contribution in [2.75, 3.05) is 13.1 Å². The van der Waals surface area contributed by atoms with Gasteiger partial charge in [0.1, 0.15) is 6.04 Å². The van der Waals surface area contributed by atoms with E-state index in [4.69, 9.17) is 5.11 Å². The summed E-state index contributed by atoms with van der Waals surface area (Å²) in [4.78, 5) is 35.8. The molecular weight excluding hydrogens is 248 g/mol. The zero-order valence-corrected chi connectivity index (χ0v) is 11.4. The van der Waals surface area contributed by atoms with Crippen LogP contribution in [0.2, 0.25) is 0 Å². The zero-order valence-electron chi connectivity index (χ0n) is 11.4. The van der Waals surface area contributed by atoms with E-state index >= 15 is 0 Å². The number of piperidine rings is 1. The Labute approximate surface area is 113 Å². The van der Waals surface area contributed by atoms with E-state index in [0.29, 0.717) is 19.4 Å². The average molecular weight is 270 g/mol. The van der Waals surface area contributed by atoms with Crippen molar-refractivity contribution in [3.05, 3.63) is 0 Å². The number of hydrogen-bond donors (Lipinski definition) is 2. The maximum Gasteiger partial charge on any atom is 0.326 e. The molecule has 1 saturated heterocycles. The summed E-state index contributed by atoms with van der Waals surface area (Å²) in [6.07, 6.45) is 4.30. The van der Waals surface area contributed by atoms with E-state index in [1.165, 1.54) is 4.90 Å². The summed E-state index contributed by atoms with van der Waals surface area (Å²) in [6.45, 7) is 2.51. The first-order chi connectivity index (χ1) is 9.04. The highest BCUT2D eigenvalue weighted by molar-refractivity contribution is 5.88. The van der Waals surface area contributed by atoms with Crippen LogP contribution in [0.1, 0.15) is 45.4 Å². The van der Waals surface area contributed by atoms with E-state index < -0.39 is 17.9 Å². The first kappa shape index (κ1) is 15.5. The van der Waals surface area contributed by atoms with Gasteiger partial charge in [-0.15, -0.1) is 0 Å². The summed E-state index contributed by atoms with van der Waals surface area (Å²) in [5.74, 6) is -1.44. The van der Waals surface area contributed by atoms with Crippen molar-refractivity contribution in [3.8, 4) is 0 Å². The van der Waals surface area contributed by atoms with Crippen LogP contribution in [0.3, 0.4) is 0 Å². The zero-order chi connectivity index (χ0) is 14.3. The number of carboxylic acids is 1. The molecular formula is C13H22N2O4. The summed E-state index contributed by atoms with van der Waals surface area (Å²) in [7, 11) is 0. The van der Waals surface area contributed by atoms with Crippen LogP contribution >= 0.6 is 0 Å². The van der Waals surface area contributed by atoms with Crippen LogP contribution in [0.4, 0.5) is 0 Å². The Kier molecular flexibility index (Phi) is 6.32. The first-order valence-electron chi connectivity index (χ1n) is 6.84. The van der Waals surface area contributed by atoms with Gasteiger partial charge in [0.15, 0.2) is 0 Å². The van der Waals surface area contributed by atoms with Crippen molar-refractivity contribution in [1.82, 2.24) is 10.2 Å². The molecule has 2 amide bonds. The molecule has 0 unspecified atom stereocenters. The third-order valence-corrected chi connectivity index (χ3v) is 3.24. The van der Waals surface area contributed by atoms with E-state index in [1.54, 1.807) is 0 Å². The Morgan fingerprint density at radius 2 is 2.16 bits per heavy atom. The third-order valence-electron chi connectivity index (χ3n) is 3.24. The number of likely N-dealkylation sites (tertiary alicyclic amines) is 1. The summed E-state index contributed by atoms with van der Waals surface area (Å²) in [5.41, 5.74) is 0. The quantitative estimate of drug-likeness (QED) is 0.715. The summed E-state index contributed by atoms with van der Waals surface area (Å²) < 4.78 is 0. The van der Waals surface area contributed by atoms with Gasteiger partial charge in [-0.1, -0.05) is 19.8 Å². The van der Waals surface area contributed by atoms with Gasteiger partial charge < -0.3 is 15.3 Å².